The second-order valence-corrected chi connectivity index (χ2v) is 4.22. The minimum Gasteiger partial charge on any atom is -0.368 e. The van der Waals surface area contributed by atoms with Crippen LogP contribution in [0.5, 0.6) is 0 Å². The topological polar surface area (TPSA) is 29.9 Å². The average molecular weight is 195 g/mol. The standard InChI is InChI=1S/C11H21N3/c1-6-14-11(12-9(4)5)7-10(13-14)8(2)3/h7-9,12H,6H2,1-5H3. The van der Waals surface area contributed by atoms with Crippen LogP contribution >= 0.6 is 0 Å². The number of nitrogens with one attached hydrogen (secondary N) is 1. The van der Waals surface area contributed by atoms with E-state index in [1.807, 2.05) is 4.68 Å². The van der Waals surface area contributed by atoms with E-state index in [4.69, 9.17) is 0 Å². The molecule has 0 aliphatic heterocycles. The predicted octanol–water partition coefficient (Wildman–Crippen LogP) is 2.85. The van der Waals surface area contributed by atoms with Gasteiger partial charge in [0, 0.05) is 18.7 Å². The molecule has 0 atom stereocenters. The monoisotopic (exact) mass is 195 g/mol. The molecule has 0 saturated heterocycles. The van der Waals surface area contributed by atoms with Crippen molar-refractivity contribution in [3.8, 4) is 0 Å². The van der Waals surface area contributed by atoms with Crippen LogP contribution in [0.1, 0.15) is 46.2 Å². The van der Waals surface area contributed by atoms with Crippen LogP contribution in [0.4, 0.5) is 5.82 Å². The van der Waals surface area contributed by atoms with E-state index in [0.29, 0.717) is 12.0 Å². The summed E-state index contributed by atoms with van der Waals surface area (Å²) < 4.78 is 2.02. The molecule has 1 aromatic heterocycles. The minimum atomic E-state index is 0.456. The van der Waals surface area contributed by atoms with E-state index in [2.05, 4.69) is 51.1 Å². The Hall–Kier alpha value is -0.990. The van der Waals surface area contributed by atoms with Crippen molar-refractivity contribution >= 4 is 5.82 Å². The van der Waals surface area contributed by atoms with Crippen molar-refractivity contribution in [3.05, 3.63) is 11.8 Å². The van der Waals surface area contributed by atoms with E-state index in [1.165, 1.54) is 0 Å². The lowest BCUT2D eigenvalue weighted by Gasteiger charge is -2.10. The molecule has 3 heteroatoms. The average Bonchev–Trinajstić information content (AvgIpc) is 2.46. The second kappa shape index (κ2) is 4.49. The first kappa shape index (κ1) is 11.1. The lowest BCUT2D eigenvalue weighted by Crippen LogP contribution is -2.13. The summed E-state index contributed by atoms with van der Waals surface area (Å²) in [6.07, 6.45) is 0. The Morgan fingerprint density at radius 2 is 2.00 bits per heavy atom. The molecule has 0 saturated carbocycles. The van der Waals surface area contributed by atoms with Crippen molar-refractivity contribution in [1.29, 1.82) is 0 Å². The normalized spacial score (nSPS) is 11.4. The van der Waals surface area contributed by atoms with Gasteiger partial charge in [-0.3, -0.25) is 0 Å². The van der Waals surface area contributed by atoms with E-state index in [-0.39, 0.29) is 0 Å². The van der Waals surface area contributed by atoms with Crippen LogP contribution in [0.3, 0.4) is 0 Å². The number of rotatable bonds is 4. The molecular formula is C11H21N3. The maximum Gasteiger partial charge on any atom is 0.124 e. The molecule has 80 valence electrons. The Labute approximate surface area is 86.5 Å². The fraction of sp³-hybridized carbons (Fsp3) is 0.727. The zero-order chi connectivity index (χ0) is 10.7. The first-order chi connectivity index (χ1) is 6.54. The van der Waals surface area contributed by atoms with Gasteiger partial charge in [-0.1, -0.05) is 13.8 Å². The Morgan fingerprint density at radius 3 is 2.43 bits per heavy atom. The van der Waals surface area contributed by atoms with E-state index in [1.54, 1.807) is 0 Å². The Kier molecular flexibility index (Phi) is 3.55. The van der Waals surface area contributed by atoms with Gasteiger partial charge in [0.2, 0.25) is 0 Å². The molecule has 0 bridgehead atoms. The largest absolute Gasteiger partial charge is 0.368 e. The molecule has 3 nitrogen and oxygen atoms in total. The maximum atomic E-state index is 4.54. The summed E-state index contributed by atoms with van der Waals surface area (Å²) in [5.41, 5.74) is 1.16. The van der Waals surface area contributed by atoms with Gasteiger partial charge in [0.15, 0.2) is 0 Å². The van der Waals surface area contributed by atoms with Crippen molar-refractivity contribution in [2.75, 3.05) is 5.32 Å². The van der Waals surface area contributed by atoms with Gasteiger partial charge in [-0.2, -0.15) is 5.10 Å². The van der Waals surface area contributed by atoms with Crippen LogP contribution in [0.2, 0.25) is 0 Å². The van der Waals surface area contributed by atoms with E-state index in [9.17, 15) is 0 Å². The van der Waals surface area contributed by atoms with E-state index in [0.717, 1.165) is 18.1 Å². The second-order valence-electron chi connectivity index (χ2n) is 4.22. The molecule has 1 heterocycles. The summed E-state index contributed by atoms with van der Waals surface area (Å²) in [6.45, 7) is 11.7. The highest BCUT2D eigenvalue weighted by molar-refractivity contribution is 5.38. The van der Waals surface area contributed by atoms with Gasteiger partial charge in [0.25, 0.3) is 0 Å². The Morgan fingerprint density at radius 1 is 1.36 bits per heavy atom. The zero-order valence-corrected chi connectivity index (χ0v) is 9.83. The first-order valence-electron chi connectivity index (χ1n) is 5.38. The fourth-order valence-electron chi connectivity index (χ4n) is 1.37. The molecular weight excluding hydrogens is 174 g/mol. The van der Waals surface area contributed by atoms with Crippen molar-refractivity contribution in [1.82, 2.24) is 9.78 Å². The molecule has 0 spiro atoms. The third kappa shape index (κ3) is 2.50. The maximum absolute atomic E-state index is 4.54. The number of anilines is 1. The fourth-order valence-corrected chi connectivity index (χ4v) is 1.37. The van der Waals surface area contributed by atoms with Crippen LogP contribution in [0.15, 0.2) is 6.07 Å². The van der Waals surface area contributed by atoms with Gasteiger partial charge >= 0.3 is 0 Å². The van der Waals surface area contributed by atoms with Gasteiger partial charge in [-0.15, -0.1) is 0 Å². The number of aryl methyl sites for hydroxylation is 1. The van der Waals surface area contributed by atoms with Gasteiger partial charge < -0.3 is 5.32 Å². The molecule has 1 N–H and O–H groups in total. The molecule has 0 aliphatic rings. The molecule has 0 radical (unpaired) electrons. The van der Waals surface area contributed by atoms with Crippen LogP contribution in [0.25, 0.3) is 0 Å². The van der Waals surface area contributed by atoms with Crippen LogP contribution < -0.4 is 5.32 Å². The summed E-state index contributed by atoms with van der Waals surface area (Å²) >= 11 is 0. The summed E-state index contributed by atoms with van der Waals surface area (Å²) in [6, 6.07) is 2.60. The predicted molar refractivity (Wildman–Crippen MR) is 60.7 cm³/mol. The highest BCUT2D eigenvalue weighted by Crippen LogP contribution is 2.18. The summed E-state index contributed by atoms with van der Waals surface area (Å²) in [5, 5.41) is 7.94. The van der Waals surface area contributed by atoms with Gasteiger partial charge in [-0.25, -0.2) is 4.68 Å². The molecule has 0 aromatic carbocycles. The lowest BCUT2D eigenvalue weighted by molar-refractivity contribution is 0.635. The Bertz CT molecular complexity index is 287. The molecule has 14 heavy (non-hydrogen) atoms. The molecule has 0 amide bonds. The molecule has 1 rings (SSSR count). The number of nitrogens with zero attached hydrogens (tertiary/aromatic N) is 2. The van der Waals surface area contributed by atoms with Crippen LogP contribution in [0, 0.1) is 0 Å². The highest BCUT2D eigenvalue weighted by atomic mass is 15.3. The summed E-state index contributed by atoms with van der Waals surface area (Å²) in [7, 11) is 0. The third-order valence-electron chi connectivity index (χ3n) is 2.13. The van der Waals surface area contributed by atoms with Crippen molar-refractivity contribution < 1.29 is 0 Å². The Balaban J connectivity index is 2.90. The van der Waals surface area contributed by atoms with Gasteiger partial charge in [0.05, 0.1) is 5.69 Å². The summed E-state index contributed by atoms with van der Waals surface area (Å²) in [5.74, 6) is 1.63. The van der Waals surface area contributed by atoms with Crippen molar-refractivity contribution in [3.63, 3.8) is 0 Å². The van der Waals surface area contributed by atoms with E-state index < -0.39 is 0 Å². The van der Waals surface area contributed by atoms with E-state index >= 15 is 0 Å². The smallest absolute Gasteiger partial charge is 0.124 e. The molecule has 1 aromatic rings. The molecule has 0 unspecified atom stereocenters. The summed E-state index contributed by atoms with van der Waals surface area (Å²) in [4.78, 5) is 0. The minimum absolute atomic E-state index is 0.456. The highest BCUT2D eigenvalue weighted by Gasteiger charge is 2.09. The van der Waals surface area contributed by atoms with Crippen molar-refractivity contribution in [2.24, 2.45) is 0 Å². The van der Waals surface area contributed by atoms with Gasteiger partial charge in [-0.05, 0) is 26.7 Å². The van der Waals surface area contributed by atoms with Crippen LogP contribution in [-0.4, -0.2) is 15.8 Å². The SMILES string of the molecule is CCn1nc(C(C)C)cc1NC(C)C. The molecule has 0 aliphatic carbocycles. The van der Waals surface area contributed by atoms with Crippen molar-refractivity contribution in [2.45, 2.75) is 53.1 Å². The molecule has 0 fully saturated rings. The number of hydrogen-bond acceptors (Lipinski definition) is 2. The first-order valence-corrected chi connectivity index (χ1v) is 5.38. The lowest BCUT2D eigenvalue weighted by atomic mass is 10.1. The third-order valence-corrected chi connectivity index (χ3v) is 2.13. The van der Waals surface area contributed by atoms with Gasteiger partial charge in [0.1, 0.15) is 5.82 Å². The number of aromatic nitrogens is 2. The van der Waals surface area contributed by atoms with Crippen LogP contribution in [-0.2, 0) is 6.54 Å². The zero-order valence-electron chi connectivity index (χ0n) is 9.83. The quantitative estimate of drug-likeness (QED) is 0.800. The number of hydrogen-bond donors (Lipinski definition) is 1.